The Balaban J connectivity index is 1.72. The number of nitrogens with zero attached hydrogens (tertiary/aromatic N) is 1. The van der Waals surface area contributed by atoms with Gasteiger partial charge in [-0.25, -0.2) is 4.79 Å². The van der Waals surface area contributed by atoms with Gasteiger partial charge < -0.3 is 10.0 Å². The van der Waals surface area contributed by atoms with Gasteiger partial charge >= 0.3 is 5.97 Å². The Morgan fingerprint density at radius 2 is 1.38 bits per heavy atom. The molecule has 0 spiro atoms. The Labute approximate surface area is 202 Å². The highest BCUT2D eigenvalue weighted by Crippen LogP contribution is 2.43. The highest BCUT2D eigenvalue weighted by atomic mass is 35.5. The molecule has 0 saturated heterocycles. The van der Waals surface area contributed by atoms with Crippen LogP contribution in [0.2, 0.25) is 5.02 Å². The number of benzene rings is 4. The molecule has 4 aromatic rings. The number of carboxylic acid groups (broad SMARTS) is 1. The van der Waals surface area contributed by atoms with Crippen molar-refractivity contribution >= 4 is 40.3 Å². The van der Waals surface area contributed by atoms with Gasteiger partial charge in [-0.15, -0.1) is 0 Å². The van der Waals surface area contributed by atoms with Gasteiger partial charge in [0, 0.05) is 16.2 Å². The summed E-state index contributed by atoms with van der Waals surface area (Å²) in [4.78, 5) is 27.4. The molecule has 5 rings (SSSR count). The summed E-state index contributed by atoms with van der Waals surface area (Å²) in [5, 5.41) is 10.3. The van der Waals surface area contributed by atoms with Crippen LogP contribution in [0.5, 0.6) is 0 Å². The Hall–Kier alpha value is -4.15. The Morgan fingerprint density at radius 1 is 0.765 bits per heavy atom. The Morgan fingerprint density at radius 3 is 2.12 bits per heavy atom. The molecule has 166 valence electrons. The third kappa shape index (κ3) is 3.89. The average Bonchev–Trinajstić information content (AvgIpc) is 3.13. The molecular formula is C29H20ClNO3. The van der Waals surface area contributed by atoms with Crippen LogP contribution in [0.1, 0.15) is 32.6 Å². The van der Waals surface area contributed by atoms with Crippen molar-refractivity contribution in [2.24, 2.45) is 0 Å². The fourth-order valence-electron chi connectivity index (χ4n) is 4.39. The first-order valence-corrected chi connectivity index (χ1v) is 11.2. The van der Waals surface area contributed by atoms with Gasteiger partial charge in [0.1, 0.15) is 0 Å². The van der Waals surface area contributed by atoms with E-state index in [9.17, 15) is 14.7 Å². The van der Waals surface area contributed by atoms with E-state index in [0.29, 0.717) is 16.2 Å². The maximum Gasteiger partial charge on any atom is 0.336 e. The molecule has 34 heavy (non-hydrogen) atoms. The van der Waals surface area contributed by atoms with E-state index in [-0.39, 0.29) is 18.0 Å². The van der Waals surface area contributed by atoms with Gasteiger partial charge in [0.25, 0.3) is 5.91 Å². The van der Waals surface area contributed by atoms with Crippen LogP contribution in [-0.4, -0.2) is 17.0 Å². The lowest BCUT2D eigenvalue weighted by atomic mass is 9.90. The minimum absolute atomic E-state index is 0.157. The number of fused-ring (bicyclic) bond motifs is 1. The summed E-state index contributed by atoms with van der Waals surface area (Å²) < 4.78 is 0. The van der Waals surface area contributed by atoms with Crippen LogP contribution in [0.4, 0.5) is 5.69 Å². The van der Waals surface area contributed by atoms with Crippen molar-refractivity contribution < 1.29 is 14.7 Å². The van der Waals surface area contributed by atoms with Crippen molar-refractivity contribution in [1.82, 2.24) is 0 Å². The number of carbonyl (C=O) groups excluding carboxylic acids is 1. The van der Waals surface area contributed by atoms with Crippen LogP contribution in [0, 0.1) is 0 Å². The van der Waals surface area contributed by atoms with Gasteiger partial charge in [-0.05, 0) is 41.0 Å². The molecule has 0 saturated carbocycles. The smallest absolute Gasteiger partial charge is 0.336 e. The molecule has 0 aromatic heterocycles. The van der Waals surface area contributed by atoms with Crippen molar-refractivity contribution in [3.8, 4) is 0 Å². The maximum absolute atomic E-state index is 14.0. The van der Waals surface area contributed by atoms with Gasteiger partial charge in [-0.2, -0.15) is 0 Å². The molecule has 0 bridgehead atoms. The van der Waals surface area contributed by atoms with Crippen molar-refractivity contribution in [3.05, 3.63) is 136 Å². The van der Waals surface area contributed by atoms with Gasteiger partial charge in [0.15, 0.2) is 0 Å². The first-order valence-electron chi connectivity index (χ1n) is 10.8. The van der Waals surface area contributed by atoms with Crippen LogP contribution >= 0.6 is 11.6 Å². The van der Waals surface area contributed by atoms with E-state index < -0.39 is 5.97 Å². The van der Waals surface area contributed by atoms with E-state index in [0.717, 1.165) is 28.0 Å². The summed E-state index contributed by atoms with van der Waals surface area (Å²) in [6, 6.07) is 31.6. The molecule has 0 fully saturated rings. The fraction of sp³-hybridized carbons (Fsp3) is 0.0345. The second-order valence-corrected chi connectivity index (χ2v) is 8.43. The fourth-order valence-corrected chi connectivity index (χ4v) is 4.52. The number of para-hydroxylation sites is 1. The third-order valence-electron chi connectivity index (χ3n) is 5.94. The van der Waals surface area contributed by atoms with Gasteiger partial charge in [0.2, 0.25) is 0 Å². The van der Waals surface area contributed by atoms with Crippen LogP contribution in [-0.2, 0) is 11.3 Å². The number of aromatic carboxylic acids is 1. The lowest BCUT2D eigenvalue weighted by Gasteiger charge is -2.19. The van der Waals surface area contributed by atoms with Crippen LogP contribution in [0.15, 0.2) is 103 Å². The first-order chi connectivity index (χ1) is 16.5. The van der Waals surface area contributed by atoms with Crippen LogP contribution in [0.3, 0.4) is 0 Å². The summed E-state index contributed by atoms with van der Waals surface area (Å²) in [7, 11) is 0. The predicted octanol–water partition coefficient (Wildman–Crippen LogP) is 6.54. The number of halogens is 1. The van der Waals surface area contributed by atoms with E-state index >= 15 is 0 Å². The standard InChI is InChI=1S/C29H20ClNO3/c30-22-16-14-20(15-17-22)26(19-8-2-1-3-9-19)27-24-12-6-7-13-25(24)31(28(27)32)18-21-10-4-5-11-23(21)29(33)34/h1-17H,18H2,(H,33,34). The van der Waals surface area contributed by atoms with Crippen LogP contribution < -0.4 is 4.90 Å². The molecule has 0 unspecified atom stereocenters. The summed E-state index contributed by atoms with van der Waals surface area (Å²) in [5.41, 5.74) is 5.51. The number of hydrogen-bond acceptors (Lipinski definition) is 2. The molecule has 4 nitrogen and oxygen atoms in total. The Kier molecular flexibility index (Phi) is 5.74. The second kappa shape index (κ2) is 9.00. The number of carbonyl (C=O) groups is 2. The Bertz CT molecular complexity index is 1430. The van der Waals surface area contributed by atoms with E-state index in [2.05, 4.69) is 0 Å². The molecule has 1 aliphatic heterocycles. The SMILES string of the molecule is O=C(O)c1ccccc1CN1C(=O)C(=C(c2ccccc2)c2ccc(Cl)cc2)c2ccccc21. The third-order valence-corrected chi connectivity index (χ3v) is 6.20. The van der Waals surface area contributed by atoms with Crippen molar-refractivity contribution in [2.45, 2.75) is 6.54 Å². The van der Waals surface area contributed by atoms with Crippen molar-refractivity contribution in [1.29, 1.82) is 0 Å². The van der Waals surface area contributed by atoms with E-state index in [1.807, 2.05) is 78.9 Å². The zero-order chi connectivity index (χ0) is 23.7. The summed E-state index contributed by atoms with van der Waals surface area (Å²) in [6.45, 7) is 0.157. The average molecular weight is 466 g/mol. The minimum atomic E-state index is -1.02. The van der Waals surface area contributed by atoms with E-state index in [1.165, 1.54) is 0 Å². The number of amides is 1. The molecule has 4 aromatic carbocycles. The normalized spacial score (nSPS) is 14.1. The first kappa shape index (κ1) is 21.7. The molecule has 0 atom stereocenters. The quantitative estimate of drug-likeness (QED) is 0.340. The maximum atomic E-state index is 14.0. The number of hydrogen-bond donors (Lipinski definition) is 1. The lowest BCUT2D eigenvalue weighted by Crippen LogP contribution is -2.27. The largest absolute Gasteiger partial charge is 0.478 e. The second-order valence-electron chi connectivity index (χ2n) is 7.99. The summed E-state index contributed by atoms with van der Waals surface area (Å²) in [5.74, 6) is -1.19. The molecular weight excluding hydrogens is 446 g/mol. The van der Waals surface area contributed by atoms with Gasteiger partial charge in [-0.3, -0.25) is 4.79 Å². The highest BCUT2D eigenvalue weighted by molar-refractivity contribution is 6.39. The molecule has 1 aliphatic rings. The minimum Gasteiger partial charge on any atom is -0.478 e. The van der Waals surface area contributed by atoms with E-state index in [1.54, 1.807) is 29.2 Å². The topological polar surface area (TPSA) is 57.6 Å². The van der Waals surface area contributed by atoms with Gasteiger partial charge in [-0.1, -0.05) is 90.5 Å². The van der Waals surface area contributed by atoms with Gasteiger partial charge in [0.05, 0.1) is 23.4 Å². The number of rotatable bonds is 5. The molecule has 5 heteroatoms. The molecule has 1 amide bonds. The summed E-state index contributed by atoms with van der Waals surface area (Å²) >= 11 is 6.15. The number of carboxylic acids is 1. The lowest BCUT2D eigenvalue weighted by molar-refractivity contribution is -0.113. The van der Waals surface area contributed by atoms with Crippen LogP contribution in [0.25, 0.3) is 11.1 Å². The van der Waals surface area contributed by atoms with E-state index in [4.69, 9.17) is 11.6 Å². The molecule has 0 radical (unpaired) electrons. The number of anilines is 1. The predicted molar refractivity (Wildman–Crippen MR) is 135 cm³/mol. The molecule has 1 heterocycles. The zero-order valence-electron chi connectivity index (χ0n) is 18.1. The molecule has 1 N–H and O–H groups in total. The molecule has 0 aliphatic carbocycles. The zero-order valence-corrected chi connectivity index (χ0v) is 18.9. The van der Waals surface area contributed by atoms with Crippen molar-refractivity contribution in [2.75, 3.05) is 4.90 Å². The summed E-state index contributed by atoms with van der Waals surface area (Å²) in [6.07, 6.45) is 0. The van der Waals surface area contributed by atoms with Crippen molar-refractivity contribution in [3.63, 3.8) is 0 Å². The monoisotopic (exact) mass is 465 g/mol. The highest BCUT2D eigenvalue weighted by Gasteiger charge is 2.35.